The molecule has 0 aromatic carbocycles. The van der Waals surface area contributed by atoms with E-state index in [0.717, 1.165) is 6.42 Å². The Balaban J connectivity index is 1.80. The Bertz CT molecular complexity index is 514. The molecule has 1 aromatic rings. The first-order valence-electron chi connectivity index (χ1n) is 5.65. The Kier molecular flexibility index (Phi) is 2.62. The second-order valence-corrected chi connectivity index (χ2v) is 5.40. The Labute approximate surface area is 107 Å². The zero-order chi connectivity index (χ0) is 12.7. The van der Waals surface area contributed by atoms with Crippen LogP contribution in [-0.2, 0) is 9.59 Å². The van der Waals surface area contributed by atoms with E-state index < -0.39 is 17.8 Å². The van der Waals surface area contributed by atoms with Crippen molar-refractivity contribution in [2.75, 3.05) is 5.32 Å². The van der Waals surface area contributed by atoms with Crippen molar-refractivity contribution in [3.63, 3.8) is 0 Å². The van der Waals surface area contributed by atoms with Gasteiger partial charge in [0.1, 0.15) is 5.51 Å². The van der Waals surface area contributed by atoms with E-state index in [2.05, 4.69) is 15.5 Å². The Morgan fingerprint density at radius 2 is 2.06 bits per heavy atom. The van der Waals surface area contributed by atoms with Crippen LogP contribution in [0.5, 0.6) is 0 Å². The van der Waals surface area contributed by atoms with Gasteiger partial charge in [0, 0.05) is 0 Å². The standard InChI is InChI=1S/C11H11N3O3S/c15-9(13-11-14-12-4-18-11)7-5-1-2-6(3-5)8(7)10(16)17/h1-2,4-8H,3H2,(H,16,17)(H,13,14,15)/t5-,6-,7-,8-/m0/s1. The number of fused-ring (bicyclic) bond motifs is 2. The third kappa shape index (κ3) is 1.71. The third-order valence-electron chi connectivity index (χ3n) is 3.64. The summed E-state index contributed by atoms with van der Waals surface area (Å²) in [7, 11) is 0. The van der Waals surface area contributed by atoms with Gasteiger partial charge in [0.2, 0.25) is 11.0 Å². The van der Waals surface area contributed by atoms with Gasteiger partial charge in [-0.25, -0.2) is 0 Å². The summed E-state index contributed by atoms with van der Waals surface area (Å²) in [5, 5.41) is 19.7. The summed E-state index contributed by atoms with van der Waals surface area (Å²) in [4.78, 5) is 23.4. The van der Waals surface area contributed by atoms with Crippen molar-refractivity contribution < 1.29 is 14.7 Å². The van der Waals surface area contributed by atoms with E-state index in [1.165, 1.54) is 16.8 Å². The molecule has 6 nitrogen and oxygen atoms in total. The number of carbonyl (C=O) groups is 2. The molecular weight excluding hydrogens is 254 g/mol. The predicted molar refractivity (Wildman–Crippen MR) is 63.9 cm³/mol. The maximum atomic E-state index is 12.1. The SMILES string of the molecule is O=C(O)[C@@H]1[C@@H](C(=O)Nc2nncs2)[C@H]2C=C[C@H]1C2. The van der Waals surface area contributed by atoms with Gasteiger partial charge >= 0.3 is 5.97 Å². The number of aromatic nitrogens is 2. The molecule has 2 aliphatic carbocycles. The molecule has 2 bridgehead atoms. The van der Waals surface area contributed by atoms with Gasteiger partial charge in [-0.05, 0) is 18.3 Å². The molecule has 0 spiro atoms. The van der Waals surface area contributed by atoms with Crippen molar-refractivity contribution in [3.8, 4) is 0 Å². The van der Waals surface area contributed by atoms with E-state index in [1.54, 1.807) is 0 Å². The molecular formula is C11H11N3O3S. The van der Waals surface area contributed by atoms with Gasteiger partial charge in [0.15, 0.2) is 0 Å². The van der Waals surface area contributed by atoms with Gasteiger partial charge in [-0.1, -0.05) is 23.5 Å². The van der Waals surface area contributed by atoms with E-state index in [-0.39, 0.29) is 17.7 Å². The molecule has 0 aliphatic heterocycles. The van der Waals surface area contributed by atoms with Crippen molar-refractivity contribution in [2.45, 2.75) is 6.42 Å². The van der Waals surface area contributed by atoms with Crippen LogP contribution < -0.4 is 5.32 Å². The number of allylic oxidation sites excluding steroid dienone is 2. The molecule has 0 unspecified atom stereocenters. The average Bonchev–Trinajstić information content (AvgIpc) is 3.03. The Morgan fingerprint density at radius 3 is 2.67 bits per heavy atom. The van der Waals surface area contributed by atoms with Crippen molar-refractivity contribution in [1.82, 2.24) is 10.2 Å². The fourth-order valence-corrected chi connectivity index (χ4v) is 3.38. The van der Waals surface area contributed by atoms with E-state index in [1.807, 2.05) is 12.2 Å². The second kappa shape index (κ2) is 4.16. The van der Waals surface area contributed by atoms with Crippen LogP contribution in [0.1, 0.15) is 6.42 Å². The largest absolute Gasteiger partial charge is 0.481 e. The third-order valence-corrected chi connectivity index (χ3v) is 4.24. The number of hydrogen-bond donors (Lipinski definition) is 2. The molecule has 1 fully saturated rings. The molecule has 2 aliphatic rings. The molecule has 18 heavy (non-hydrogen) atoms. The van der Waals surface area contributed by atoms with E-state index >= 15 is 0 Å². The first-order valence-corrected chi connectivity index (χ1v) is 6.53. The molecule has 0 saturated heterocycles. The van der Waals surface area contributed by atoms with Crippen LogP contribution in [0, 0.1) is 23.7 Å². The highest BCUT2D eigenvalue weighted by molar-refractivity contribution is 7.13. The lowest BCUT2D eigenvalue weighted by molar-refractivity contribution is -0.146. The van der Waals surface area contributed by atoms with E-state index in [4.69, 9.17) is 0 Å². The zero-order valence-corrected chi connectivity index (χ0v) is 10.1. The number of anilines is 1. The number of rotatable bonds is 3. The normalized spacial score (nSPS) is 32.7. The topological polar surface area (TPSA) is 92.2 Å². The second-order valence-electron chi connectivity index (χ2n) is 4.57. The minimum atomic E-state index is -0.899. The highest BCUT2D eigenvalue weighted by Gasteiger charge is 2.51. The molecule has 4 atom stereocenters. The minimum Gasteiger partial charge on any atom is -0.481 e. The van der Waals surface area contributed by atoms with Crippen LogP contribution in [0.25, 0.3) is 0 Å². The highest BCUT2D eigenvalue weighted by atomic mass is 32.1. The molecule has 7 heteroatoms. The number of hydrogen-bond acceptors (Lipinski definition) is 5. The molecule has 1 aromatic heterocycles. The van der Waals surface area contributed by atoms with Crippen molar-refractivity contribution in [3.05, 3.63) is 17.7 Å². The lowest BCUT2D eigenvalue weighted by atomic mass is 9.82. The van der Waals surface area contributed by atoms with Crippen LogP contribution in [0.2, 0.25) is 0 Å². The summed E-state index contributed by atoms with van der Waals surface area (Å²) in [6.45, 7) is 0. The van der Waals surface area contributed by atoms with Crippen molar-refractivity contribution >= 4 is 28.3 Å². The average molecular weight is 265 g/mol. The summed E-state index contributed by atoms with van der Waals surface area (Å²) in [6.07, 6.45) is 4.62. The van der Waals surface area contributed by atoms with Gasteiger partial charge in [0.25, 0.3) is 0 Å². The number of aliphatic carboxylic acids is 1. The van der Waals surface area contributed by atoms with Crippen molar-refractivity contribution in [1.29, 1.82) is 0 Å². The number of amides is 1. The van der Waals surface area contributed by atoms with Gasteiger partial charge < -0.3 is 10.4 Å². The smallest absolute Gasteiger partial charge is 0.307 e. The maximum absolute atomic E-state index is 12.1. The number of nitrogens with zero attached hydrogens (tertiary/aromatic N) is 2. The zero-order valence-electron chi connectivity index (χ0n) is 9.31. The lowest BCUT2D eigenvalue weighted by Crippen LogP contribution is -2.36. The molecule has 0 radical (unpaired) electrons. The van der Waals surface area contributed by atoms with Crippen LogP contribution >= 0.6 is 11.3 Å². The molecule has 1 saturated carbocycles. The number of carboxylic acids is 1. The monoisotopic (exact) mass is 265 g/mol. The molecule has 2 N–H and O–H groups in total. The summed E-state index contributed by atoms with van der Waals surface area (Å²) >= 11 is 1.22. The van der Waals surface area contributed by atoms with Gasteiger partial charge in [-0.2, -0.15) is 0 Å². The fourth-order valence-electron chi connectivity index (χ4n) is 2.93. The van der Waals surface area contributed by atoms with Crippen LogP contribution in [0.15, 0.2) is 17.7 Å². The van der Waals surface area contributed by atoms with E-state index in [9.17, 15) is 14.7 Å². The van der Waals surface area contributed by atoms with Crippen LogP contribution in [0.3, 0.4) is 0 Å². The first-order chi connectivity index (χ1) is 8.66. The summed E-state index contributed by atoms with van der Waals surface area (Å²) in [5.41, 5.74) is 1.52. The first kappa shape index (κ1) is 11.3. The van der Waals surface area contributed by atoms with Gasteiger partial charge in [-0.3, -0.25) is 9.59 Å². The quantitative estimate of drug-likeness (QED) is 0.795. The molecule has 1 amide bonds. The number of carbonyl (C=O) groups excluding carboxylic acids is 1. The van der Waals surface area contributed by atoms with Crippen LogP contribution in [0.4, 0.5) is 5.13 Å². The lowest BCUT2D eigenvalue weighted by Gasteiger charge is -2.23. The van der Waals surface area contributed by atoms with Gasteiger partial charge in [0.05, 0.1) is 11.8 Å². The number of nitrogens with one attached hydrogen (secondary N) is 1. The maximum Gasteiger partial charge on any atom is 0.307 e. The van der Waals surface area contributed by atoms with Crippen molar-refractivity contribution in [2.24, 2.45) is 23.7 Å². The fraction of sp³-hybridized carbons (Fsp3) is 0.455. The summed E-state index contributed by atoms with van der Waals surface area (Å²) in [5.74, 6) is -2.27. The Hall–Kier alpha value is -1.76. The highest BCUT2D eigenvalue weighted by Crippen LogP contribution is 2.48. The minimum absolute atomic E-state index is 0.0160. The summed E-state index contributed by atoms with van der Waals surface area (Å²) < 4.78 is 0. The molecule has 3 rings (SSSR count). The van der Waals surface area contributed by atoms with E-state index in [0.29, 0.717) is 5.13 Å². The van der Waals surface area contributed by atoms with Crippen LogP contribution in [-0.4, -0.2) is 27.2 Å². The molecule has 1 heterocycles. The molecule has 94 valence electrons. The summed E-state index contributed by atoms with van der Waals surface area (Å²) in [6, 6.07) is 0. The number of carboxylic acid groups (broad SMARTS) is 1. The predicted octanol–water partition coefficient (Wildman–Crippen LogP) is 0.999. The van der Waals surface area contributed by atoms with Gasteiger partial charge in [-0.15, -0.1) is 10.2 Å². The Morgan fingerprint density at radius 1 is 1.33 bits per heavy atom.